The number of aliphatic imine (C=N–C) groups is 1. The molecule has 3 heteroatoms. The Morgan fingerprint density at radius 1 is 1.19 bits per heavy atom. The maximum atomic E-state index is 4.80. The van der Waals surface area contributed by atoms with Gasteiger partial charge in [0.25, 0.3) is 0 Å². The molecule has 0 aromatic carbocycles. The summed E-state index contributed by atoms with van der Waals surface area (Å²) in [6, 6.07) is 0.611. The van der Waals surface area contributed by atoms with Crippen molar-refractivity contribution in [2.45, 2.75) is 71.8 Å². The van der Waals surface area contributed by atoms with Crippen LogP contribution in [0.2, 0.25) is 0 Å². The zero-order valence-electron chi connectivity index (χ0n) is 14.0. The van der Waals surface area contributed by atoms with Crippen LogP contribution in [0.5, 0.6) is 0 Å². The summed E-state index contributed by atoms with van der Waals surface area (Å²) < 4.78 is 0. The number of nitrogens with zero attached hydrogens (tertiary/aromatic N) is 2. The molecule has 0 spiro atoms. The second kappa shape index (κ2) is 7.58. The van der Waals surface area contributed by atoms with Crippen LogP contribution in [-0.2, 0) is 12.8 Å². The molecule has 0 amide bonds. The Hall–Kier alpha value is -1.38. The van der Waals surface area contributed by atoms with Gasteiger partial charge in [0.15, 0.2) is 0 Å². The number of pyridine rings is 1. The number of rotatable bonds is 5. The summed E-state index contributed by atoms with van der Waals surface area (Å²) in [5, 5.41) is 3.84. The fourth-order valence-corrected chi connectivity index (χ4v) is 3.39. The standard InChI is InChI=1S/C18H29N3/c1-5-15-17(6-2)20-13(3)16(12-19-4)18(15)21-14-10-8-7-9-11-14/h12,14H,5-11H2,1-4H3,(H,20,21). The fourth-order valence-electron chi connectivity index (χ4n) is 3.39. The molecule has 21 heavy (non-hydrogen) atoms. The highest BCUT2D eigenvalue weighted by Gasteiger charge is 2.19. The number of nitrogens with one attached hydrogen (secondary N) is 1. The molecular weight excluding hydrogens is 258 g/mol. The van der Waals surface area contributed by atoms with Gasteiger partial charge in [-0.05, 0) is 38.2 Å². The van der Waals surface area contributed by atoms with Crippen LogP contribution in [-0.4, -0.2) is 24.3 Å². The minimum absolute atomic E-state index is 0.611. The molecule has 1 heterocycles. The summed E-state index contributed by atoms with van der Waals surface area (Å²) in [4.78, 5) is 9.05. The predicted octanol–water partition coefficient (Wildman–Crippen LogP) is 4.31. The van der Waals surface area contributed by atoms with Gasteiger partial charge in [0.1, 0.15) is 0 Å². The molecule has 0 atom stereocenters. The zero-order chi connectivity index (χ0) is 15.2. The number of anilines is 1. The van der Waals surface area contributed by atoms with E-state index in [1.54, 1.807) is 0 Å². The predicted molar refractivity (Wildman–Crippen MR) is 91.7 cm³/mol. The lowest BCUT2D eigenvalue weighted by Crippen LogP contribution is -2.24. The first-order chi connectivity index (χ1) is 10.2. The minimum Gasteiger partial charge on any atom is -0.381 e. The topological polar surface area (TPSA) is 37.3 Å². The summed E-state index contributed by atoms with van der Waals surface area (Å²) in [6.07, 6.45) is 10.6. The Labute approximate surface area is 129 Å². The maximum absolute atomic E-state index is 4.80. The lowest BCUT2D eigenvalue weighted by molar-refractivity contribution is 0.462. The van der Waals surface area contributed by atoms with Gasteiger partial charge in [0.05, 0.1) is 5.69 Å². The van der Waals surface area contributed by atoms with E-state index in [-0.39, 0.29) is 0 Å². The van der Waals surface area contributed by atoms with E-state index in [0.717, 1.165) is 18.5 Å². The van der Waals surface area contributed by atoms with Gasteiger partial charge in [-0.15, -0.1) is 0 Å². The largest absolute Gasteiger partial charge is 0.381 e. The molecule has 1 saturated carbocycles. The van der Waals surface area contributed by atoms with Crippen LogP contribution in [0.25, 0.3) is 0 Å². The molecule has 0 aliphatic heterocycles. The highest BCUT2D eigenvalue weighted by molar-refractivity contribution is 5.90. The number of aromatic nitrogens is 1. The first-order valence-corrected chi connectivity index (χ1v) is 8.42. The van der Waals surface area contributed by atoms with Crippen LogP contribution in [0.3, 0.4) is 0 Å². The normalized spacial score (nSPS) is 16.6. The van der Waals surface area contributed by atoms with E-state index in [1.165, 1.54) is 54.6 Å². The SMILES string of the molecule is CCc1nc(C)c(C=NC)c(NC2CCCCC2)c1CC. The highest BCUT2D eigenvalue weighted by atomic mass is 14.9. The molecule has 1 fully saturated rings. The second-order valence-electron chi connectivity index (χ2n) is 5.98. The van der Waals surface area contributed by atoms with Crippen molar-refractivity contribution in [2.75, 3.05) is 12.4 Å². The van der Waals surface area contributed by atoms with Crippen LogP contribution < -0.4 is 5.32 Å². The second-order valence-corrected chi connectivity index (χ2v) is 5.98. The molecule has 0 saturated heterocycles. The molecule has 1 aromatic rings. The van der Waals surface area contributed by atoms with E-state index >= 15 is 0 Å². The van der Waals surface area contributed by atoms with Gasteiger partial charge in [-0.2, -0.15) is 0 Å². The highest BCUT2D eigenvalue weighted by Crippen LogP contribution is 2.29. The summed E-state index contributed by atoms with van der Waals surface area (Å²) in [7, 11) is 1.84. The van der Waals surface area contributed by atoms with Crippen LogP contribution in [0.15, 0.2) is 4.99 Å². The third kappa shape index (κ3) is 3.63. The van der Waals surface area contributed by atoms with E-state index in [2.05, 4.69) is 31.1 Å². The molecular formula is C18H29N3. The van der Waals surface area contributed by atoms with Gasteiger partial charge in [-0.1, -0.05) is 33.1 Å². The van der Waals surface area contributed by atoms with Gasteiger partial charge in [-0.25, -0.2) is 0 Å². The monoisotopic (exact) mass is 287 g/mol. The molecule has 0 radical (unpaired) electrons. The van der Waals surface area contributed by atoms with E-state index in [1.807, 2.05) is 13.3 Å². The molecule has 0 unspecified atom stereocenters. The van der Waals surface area contributed by atoms with Crippen molar-refractivity contribution in [1.29, 1.82) is 0 Å². The van der Waals surface area contributed by atoms with E-state index in [0.29, 0.717) is 6.04 Å². The Bertz CT molecular complexity index is 500. The maximum Gasteiger partial charge on any atom is 0.0500 e. The first kappa shape index (κ1) is 16.0. The molecule has 1 aliphatic carbocycles. The third-order valence-electron chi connectivity index (χ3n) is 4.51. The van der Waals surface area contributed by atoms with Crippen LogP contribution >= 0.6 is 0 Å². The molecule has 1 N–H and O–H groups in total. The zero-order valence-corrected chi connectivity index (χ0v) is 14.0. The van der Waals surface area contributed by atoms with Crippen molar-refractivity contribution in [1.82, 2.24) is 4.98 Å². The van der Waals surface area contributed by atoms with E-state index < -0.39 is 0 Å². The summed E-state index contributed by atoms with van der Waals surface area (Å²) >= 11 is 0. The van der Waals surface area contributed by atoms with Crippen molar-refractivity contribution >= 4 is 11.9 Å². The van der Waals surface area contributed by atoms with Gasteiger partial charge in [0.2, 0.25) is 0 Å². The average molecular weight is 287 g/mol. The molecule has 1 aromatic heterocycles. The Balaban J connectivity index is 2.44. The lowest BCUT2D eigenvalue weighted by atomic mass is 9.93. The summed E-state index contributed by atoms with van der Waals surface area (Å²) in [6.45, 7) is 6.52. The Morgan fingerprint density at radius 2 is 1.90 bits per heavy atom. The van der Waals surface area contributed by atoms with Crippen LogP contribution in [0.4, 0.5) is 5.69 Å². The van der Waals surface area contributed by atoms with Crippen molar-refractivity contribution in [3.63, 3.8) is 0 Å². The van der Waals surface area contributed by atoms with Crippen LogP contribution in [0.1, 0.15) is 68.5 Å². The van der Waals surface area contributed by atoms with Crippen molar-refractivity contribution in [2.24, 2.45) is 4.99 Å². The third-order valence-corrected chi connectivity index (χ3v) is 4.51. The van der Waals surface area contributed by atoms with E-state index in [9.17, 15) is 0 Å². The number of aryl methyl sites for hydroxylation is 2. The molecule has 2 rings (SSSR count). The number of hydrogen-bond donors (Lipinski definition) is 1. The number of hydrogen-bond acceptors (Lipinski definition) is 3. The quantitative estimate of drug-likeness (QED) is 0.819. The molecule has 3 nitrogen and oxygen atoms in total. The Kier molecular flexibility index (Phi) is 5.77. The molecule has 0 bridgehead atoms. The van der Waals surface area contributed by atoms with Crippen molar-refractivity contribution in [3.05, 3.63) is 22.5 Å². The molecule has 116 valence electrons. The summed E-state index contributed by atoms with van der Waals surface area (Å²) in [5.41, 5.74) is 6.18. The first-order valence-electron chi connectivity index (χ1n) is 8.42. The van der Waals surface area contributed by atoms with Gasteiger partial charge >= 0.3 is 0 Å². The lowest BCUT2D eigenvalue weighted by Gasteiger charge is -2.27. The van der Waals surface area contributed by atoms with Crippen molar-refractivity contribution < 1.29 is 0 Å². The van der Waals surface area contributed by atoms with Crippen molar-refractivity contribution in [3.8, 4) is 0 Å². The fraction of sp³-hybridized carbons (Fsp3) is 0.667. The summed E-state index contributed by atoms with van der Waals surface area (Å²) in [5.74, 6) is 0. The van der Waals surface area contributed by atoms with E-state index in [4.69, 9.17) is 4.98 Å². The van der Waals surface area contributed by atoms with Gasteiger partial charge < -0.3 is 5.32 Å². The van der Waals surface area contributed by atoms with Crippen LogP contribution in [0, 0.1) is 6.92 Å². The van der Waals surface area contributed by atoms with Gasteiger partial charge in [-0.3, -0.25) is 9.98 Å². The Morgan fingerprint density at radius 3 is 2.48 bits per heavy atom. The minimum atomic E-state index is 0.611. The average Bonchev–Trinajstić information content (AvgIpc) is 2.51. The molecule has 1 aliphatic rings. The smallest absolute Gasteiger partial charge is 0.0500 e. The van der Waals surface area contributed by atoms with Gasteiger partial charge in [0, 0.05) is 36.3 Å².